The highest BCUT2D eigenvalue weighted by Crippen LogP contribution is 2.01. The standard InChI is InChI=1S/C8H8.C7H11N.C4H6/c1-2-8-6-4-3-5-7-8;1-3-4-5-7(2)6-8;1-3-4-2/h2-7H,1H2;2-5H2,1H3;3-4H,1-2H2. The van der Waals surface area contributed by atoms with Gasteiger partial charge in [-0.3, -0.25) is 0 Å². The molecule has 0 saturated heterocycles. The van der Waals surface area contributed by atoms with Crippen LogP contribution in [-0.4, -0.2) is 0 Å². The lowest BCUT2D eigenvalue weighted by atomic mass is 10.1. The molecule has 0 atom stereocenters. The minimum atomic E-state index is 0.701. The van der Waals surface area contributed by atoms with Crippen LogP contribution in [0.1, 0.15) is 31.7 Å². The van der Waals surface area contributed by atoms with E-state index in [-0.39, 0.29) is 0 Å². The molecule has 0 bridgehead atoms. The summed E-state index contributed by atoms with van der Waals surface area (Å²) in [6.07, 6.45) is 8.21. The second kappa shape index (κ2) is 16.7. The highest BCUT2D eigenvalue weighted by atomic mass is 14.2. The molecule has 20 heavy (non-hydrogen) atoms. The van der Waals surface area contributed by atoms with E-state index < -0.39 is 0 Å². The summed E-state index contributed by atoms with van der Waals surface area (Å²) < 4.78 is 0. The van der Waals surface area contributed by atoms with Gasteiger partial charge in [0.15, 0.2) is 0 Å². The van der Waals surface area contributed by atoms with Gasteiger partial charge in [-0.25, -0.2) is 0 Å². The van der Waals surface area contributed by atoms with Gasteiger partial charge in [0.1, 0.15) is 0 Å². The number of hydrogen-bond acceptors (Lipinski definition) is 1. The number of nitriles is 1. The van der Waals surface area contributed by atoms with Gasteiger partial charge in [0, 0.05) is 5.57 Å². The first-order chi connectivity index (χ1) is 9.65. The van der Waals surface area contributed by atoms with Gasteiger partial charge in [-0.2, -0.15) is 5.26 Å². The third kappa shape index (κ3) is 15.7. The fourth-order valence-corrected chi connectivity index (χ4v) is 1.04. The monoisotopic (exact) mass is 267 g/mol. The first-order valence-corrected chi connectivity index (χ1v) is 6.65. The van der Waals surface area contributed by atoms with Crippen molar-refractivity contribution in [1.82, 2.24) is 0 Å². The molecule has 1 heteroatoms. The largest absolute Gasteiger partial charge is 0.193 e. The molecule has 0 heterocycles. The summed E-state index contributed by atoms with van der Waals surface area (Å²) in [4.78, 5) is 0. The van der Waals surface area contributed by atoms with Crippen LogP contribution >= 0.6 is 0 Å². The molecule has 0 saturated carbocycles. The van der Waals surface area contributed by atoms with E-state index >= 15 is 0 Å². The van der Waals surface area contributed by atoms with Gasteiger partial charge >= 0.3 is 0 Å². The van der Waals surface area contributed by atoms with Crippen LogP contribution in [0.4, 0.5) is 0 Å². The van der Waals surface area contributed by atoms with Crippen LogP contribution < -0.4 is 0 Å². The minimum Gasteiger partial charge on any atom is -0.193 e. The molecule has 0 aliphatic heterocycles. The van der Waals surface area contributed by atoms with Crippen molar-refractivity contribution in [2.45, 2.75) is 26.2 Å². The molecular formula is C19H25N. The number of unbranched alkanes of at least 4 members (excludes halogenated alkanes) is 1. The minimum absolute atomic E-state index is 0.701. The third-order valence-corrected chi connectivity index (χ3v) is 2.19. The summed E-state index contributed by atoms with van der Waals surface area (Å²) in [6.45, 7) is 16.0. The van der Waals surface area contributed by atoms with E-state index in [0.29, 0.717) is 5.57 Å². The fourth-order valence-electron chi connectivity index (χ4n) is 1.04. The van der Waals surface area contributed by atoms with Crippen LogP contribution in [0.5, 0.6) is 0 Å². The molecule has 0 N–H and O–H groups in total. The van der Waals surface area contributed by atoms with Gasteiger partial charge in [0.25, 0.3) is 0 Å². The Labute approximate surface area is 124 Å². The van der Waals surface area contributed by atoms with Crippen molar-refractivity contribution in [3.8, 4) is 6.07 Å². The van der Waals surface area contributed by atoms with Crippen LogP contribution in [-0.2, 0) is 0 Å². The van der Waals surface area contributed by atoms with Gasteiger partial charge in [0.05, 0.1) is 6.07 Å². The van der Waals surface area contributed by atoms with E-state index in [4.69, 9.17) is 5.26 Å². The molecule has 0 amide bonds. The van der Waals surface area contributed by atoms with Crippen molar-refractivity contribution < 1.29 is 0 Å². The van der Waals surface area contributed by atoms with Crippen molar-refractivity contribution in [2.75, 3.05) is 0 Å². The predicted octanol–water partition coefficient (Wildman–Crippen LogP) is 5.94. The summed E-state index contributed by atoms with van der Waals surface area (Å²) in [5.74, 6) is 0. The third-order valence-electron chi connectivity index (χ3n) is 2.19. The zero-order valence-corrected chi connectivity index (χ0v) is 12.5. The molecule has 1 nitrogen and oxygen atoms in total. The Hall–Kier alpha value is -2.33. The maximum Gasteiger partial charge on any atom is 0.0940 e. The van der Waals surface area contributed by atoms with E-state index in [9.17, 15) is 0 Å². The Bertz CT molecular complexity index is 415. The van der Waals surface area contributed by atoms with Gasteiger partial charge in [-0.1, -0.05) is 88.2 Å². The van der Waals surface area contributed by atoms with Crippen molar-refractivity contribution in [1.29, 1.82) is 5.26 Å². The lowest BCUT2D eigenvalue weighted by Crippen LogP contribution is -1.74. The first kappa shape index (κ1) is 20.0. The molecule has 0 spiro atoms. The molecule has 0 unspecified atom stereocenters. The first-order valence-electron chi connectivity index (χ1n) is 6.65. The van der Waals surface area contributed by atoms with Crippen molar-refractivity contribution >= 4 is 6.08 Å². The topological polar surface area (TPSA) is 23.8 Å². The summed E-state index contributed by atoms with van der Waals surface area (Å²) in [5, 5.41) is 8.21. The fraction of sp³-hybridized carbons (Fsp3) is 0.211. The number of hydrogen-bond donors (Lipinski definition) is 0. The normalized spacial score (nSPS) is 7.60. The Balaban J connectivity index is 0. The molecule has 1 aromatic carbocycles. The Morgan fingerprint density at radius 1 is 1.15 bits per heavy atom. The SMILES string of the molecule is C=C(C#N)CCCC.C=CC=C.C=Cc1ccccc1. The van der Waals surface area contributed by atoms with Gasteiger partial charge < -0.3 is 0 Å². The van der Waals surface area contributed by atoms with Crippen molar-refractivity contribution in [3.05, 3.63) is 79.9 Å². The molecule has 0 aromatic heterocycles. The van der Waals surface area contributed by atoms with Crippen molar-refractivity contribution in [3.63, 3.8) is 0 Å². The van der Waals surface area contributed by atoms with Crippen LogP contribution in [0, 0.1) is 11.3 Å². The molecule has 106 valence electrons. The number of allylic oxidation sites excluding steroid dienone is 3. The predicted molar refractivity (Wildman–Crippen MR) is 91.2 cm³/mol. The second-order valence-corrected chi connectivity index (χ2v) is 3.91. The van der Waals surface area contributed by atoms with E-state index in [1.54, 1.807) is 12.2 Å². The maximum atomic E-state index is 8.21. The average Bonchev–Trinajstić information content (AvgIpc) is 2.54. The van der Waals surface area contributed by atoms with E-state index in [2.05, 4.69) is 33.2 Å². The summed E-state index contributed by atoms with van der Waals surface area (Å²) in [7, 11) is 0. The quantitative estimate of drug-likeness (QED) is 0.478. The maximum absolute atomic E-state index is 8.21. The Morgan fingerprint density at radius 2 is 1.70 bits per heavy atom. The number of benzene rings is 1. The summed E-state index contributed by atoms with van der Waals surface area (Å²) in [5.41, 5.74) is 1.87. The number of nitrogens with zero attached hydrogens (tertiary/aromatic N) is 1. The molecule has 1 aromatic rings. The summed E-state index contributed by atoms with van der Waals surface area (Å²) >= 11 is 0. The van der Waals surface area contributed by atoms with E-state index in [1.165, 1.54) is 5.56 Å². The second-order valence-electron chi connectivity index (χ2n) is 3.91. The lowest BCUT2D eigenvalue weighted by molar-refractivity contribution is 0.801. The molecule has 0 radical (unpaired) electrons. The molecular weight excluding hydrogens is 242 g/mol. The zero-order valence-electron chi connectivity index (χ0n) is 12.5. The lowest BCUT2D eigenvalue weighted by Gasteiger charge is -1.89. The van der Waals surface area contributed by atoms with Crippen molar-refractivity contribution in [2.24, 2.45) is 0 Å². The van der Waals surface area contributed by atoms with Crippen LogP contribution in [0.3, 0.4) is 0 Å². The molecule has 1 rings (SSSR count). The van der Waals surface area contributed by atoms with Crippen LogP contribution in [0.15, 0.2) is 74.4 Å². The Morgan fingerprint density at radius 3 is 2.00 bits per heavy atom. The zero-order chi connectivity index (χ0) is 15.6. The van der Waals surface area contributed by atoms with Crippen LogP contribution in [0.25, 0.3) is 6.08 Å². The molecule has 0 aliphatic rings. The van der Waals surface area contributed by atoms with E-state index in [0.717, 1.165) is 19.3 Å². The summed E-state index contributed by atoms with van der Waals surface area (Å²) in [6, 6.07) is 12.0. The molecule has 0 aliphatic carbocycles. The Kier molecular flexibility index (Phi) is 16.7. The van der Waals surface area contributed by atoms with Crippen LogP contribution in [0.2, 0.25) is 0 Å². The molecule has 0 fully saturated rings. The highest BCUT2D eigenvalue weighted by Gasteiger charge is 1.87. The smallest absolute Gasteiger partial charge is 0.0940 e. The van der Waals surface area contributed by atoms with Gasteiger partial charge in [-0.15, -0.1) is 0 Å². The highest BCUT2D eigenvalue weighted by molar-refractivity contribution is 5.45. The van der Waals surface area contributed by atoms with E-state index in [1.807, 2.05) is 42.5 Å². The van der Waals surface area contributed by atoms with Gasteiger partial charge in [0.2, 0.25) is 0 Å². The average molecular weight is 267 g/mol. The number of rotatable bonds is 5. The van der Waals surface area contributed by atoms with Gasteiger partial charge in [-0.05, 0) is 18.4 Å².